The minimum absolute atomic E-state index is 0.0176. The third kappa shape index (κ3) is 4.90. The number of carbonyl (C=O) groups is 1. The Balaban J connectivity index is 1.41. The SMILES string of the molecule is C/C=C(\C)C(=O)O[C@@H]1CC[C@]2(C)[C@H]3CC[C@]4(C)C(=CC[C@H]4[C@@H]4CC([C@@H](O)C(C)(C)O)O[C@H]4OC)[C@]3(C)[C@H](O)C[C@H]2C1(C)C. The average molecular weight is 603 g/mol. The number of aliphatic hydroxyl groups is 3. The zero-order chi connectivity index (χ0) is 31.9. The Morgan fingerprint density at radius 2 is 1.79 bits per heavy atom. The van der Waals surface area contributed by atoms with Gasteiger partial charge in [-0.25, -0.2) is 4.79 Å². The van der Waals surface area contributed by atoms with Crippen molar-refractivity contribution in [2.75, 3.05) is 7.11 Å². The topological polar surface area (TPSA) is 105 Å². The molecule has 1 unspecified atom stereocenters. The molecule has 3 N–H and O–H groups in total. The lowest BCUT2D eigenvalue weighted by molar-refractivity contribution is -0.220. The van der Waals surface area contributed by atoms with E-state index in [2.05, 4.69) is 40.7 Å². The summed E-state index contributed by atoms with van der Waals surface area (Å²) in [4.78, 5) is 12.8. The van der Waals surface area contributed by atoms with E-state index in [9.17, 15) is 20.1 Å². The molecular formula is C36H58O7. The van der Waals surface area contributed by atoms with Crippen LogP contribution in [0.25, 0.3) is 0 Å². The maximum absolute atomic E-state index is 12.8. The van der Waals surface area contributed by atoms with Gasteiger partial charge in [-0.15, -0.1) is 0 Å². The largest absolute Gasteiger partial charge is 0.458 e. The van der Waals surface area contributed by atoms with Crippen LogP contribution in [0.5, 0.6) is 0 Å². The molecular weight excluding hydrogens is 544 g/mol. The van der Waals surface area contributed by atoms with Gasteiger partial charge < -0.3 is 29.5 Å². The molecule has 244 valence electrons. The average Bonchev–Trinajstić information content (AvgIpc) is 3.51. The smallest absolute Gasteiger partial charge is 0.333 e. The van der Waals surface area contributed by atoms with Gasteiger partial charge in [-0.05, 0) is 101 Å². The van der Waals surface area contributed by atoms with Crippen molar-refractivity contribution in [2.45, 2.75) is 144 Å². The molecule has 1 heterocycles. The highest BCUT2D eigenvalue weighted by molar-refractivity contribution is 5.87. The van der Waals surface area contributed by atoms with Gasteiger partial charge in [0.1, 0.15) is 12.2 Å². The fraction of sp³-hybridized carbons (Fsp3) is 0.861. The van der Waals surface area contributed by atoms with Crippen LogP contribution >= 0.6 is 0 Å². The molecule has 0 amide bonds. The highest BCUT2D eigenvalue weighted by Gasteiger charge is 2.69. The lowest BCUT2D eigenvalue weighted by Crippen LogP contribution is -2.65. The van der Waals surface area contributed by atoms with Crippen LogP contribution in [0.15, 0.2) is 23.3 Å². The Morgan fingerprint density at radius 3 is 2.40 bits per heavy atom. The summed E-state index contributed by atoms with van der Waals surface area (Å²) in [6.07, 6.45) is 7.75. The summed E-state index contributed by atoms with van der Waals surface area (Å²) < 4.78 is 18.2. The molecule has 0 aromatic carbocycles. The molecule has 12 atom stereocenters. The van der Waals surface area contributed by atoms with Crippen molar-refractivity contribution in [3.63, 3.8) is 0 Å². The van der Waals surface area contributed by atoms with Crippen LogP contribution < -0.4 is 0 Å². The number of carbonyl (C=O) groups excluding carboxylic acids is 1. The van der Waals surface area contributed by atoms with Crippen LogP contribution in [0.2, 0.25) is 0 Å². The second-order valence-corrected chi connectivity index (χ2v) is 16.6. The molecule has 1 aliphatic heterocycles. The Morgan fingerprint density at radius 1 is 1.12 bits per heavy atom. The van der Waals surface area contributed by atoms with E-state index in [1.165, 1.54) is 5.57 Å². The molecule has 0 bridgehead atoms. The van der Waals surface area contributed by atoms with Gasteiger partial charge in [0.15, 0.2) is 6.29 Å². The van der Waals surface area contributed by atoms with Gasteiger partial charge >= 0.3 is 5.97 Å². The second-order valence-electron chi connectivity index (χ2n) is 16.6. The van der Waals surface area contributed by atoms with Gasteiger partial charge in [-0.1, -0.05) is 52.3 Å². The first kappa shape index (κ1) is 33.1. The normalized spacial score (nSPS) is 46.8. The zero-order valence-corrected chi connectivity index (χ0v) is 28.3. The van der Waals surface area contributed by atoms with Gasteiger partial charge in [0.05, 0.1) is 17.8 Å². The third-order valence-corrected chi connectivity index (χ3v) is 13.7. The molecule has 4 fully saturated rings. The van der Waals surface area contributed by atoms with Crippen molar-refractivity contribution in [3.8, 4) is 0 Å². The van der Waals surface area contributed by atoms with Gasteiger partial charge in [0.2, 0.25) is 0 Å². The summed E-state index contributed by atoms with van der Waals surface area (Å²) >= 11 is 0. The Bertz CT molecular complexity index is 1150. The first-order chi connectivity index (χ1) is 19.9. The highest BCUT2D eigenvalue weighted by atomic mass is 16.7. The molecule has 0 radical (unpaired) electrons. The van der Waals surface area contributed by atoms with Crippen LogP contribution in [-0.2, 0) is 19.0 Å². The zero-order valence-electron chi connectivity index (χ0n) is 28.3. The van der Waals surface area contributed by atoms with Crippen molar-refractivity contribution >= 4 is 5.97 Å². The molecule has 5 aliphatic rings. The fourth-order valence-corrected chi connectivity index (χ4v) is 11.1. The van der Waals surface area contributed by atoms with E-state index in [0.717, 1.165) is 32.1 Å². The van der Waals surface area contributed by atoms with Gasteiger partial charge in [0.25, 0.3) is 0 Å². The van der Waals surface area contributed by atoms with E-state index < -0.39 is 30.2 Å². The highest BCUT2D eigenvalue weighted by Crippen LogP contribution is 2.73. The summed E-state index contributed by atoms with van der Waals surface area (Å²) in [5, 5.41) is 33.6. The molecule has 5 rings (SSSR count). The number of fused-ring (bicyclic) bond motifs is 5. The maximum atomic E-state index is 12.8. The lowest BCUT2D eigenvalue weighted by Gasteiger charge is -2.68. The minimum atomic E-state index is -1.26. The molecule has 3 saturated carbocycles. The van der Waals surface area contributed by atoms with E-state index in [4.69, 9.17) is 14.2 Å². The number of aliphatic hydroxyl groups excluding tert-OH is 2. The van der Waals surface area contributed by atoms with Crippen LogP contribution in [0.4, 0.5) is 0 Å². The molecule has 7 nitrogen and oxygen atoms in total. The predicted octanol–water partition coefficient (Wildman–Crippen LogP) is 5.95. The fourth-order valence-electron chi connectivity index (χ4n) is 11.1. The molecule has 1 saturated heterocycles. The van der Waals surface area contributed by atoms with Crippen molar-refractivity contribution < 1.29 is 34.3 Å². The summed E-state index contributed by atoms with van der Waals surface area (Å²) in [5.41, 5.74) is 0.0766. The Labute approximate surface area is 259 Å². The predicted molar refractivity (Wildman–Crippen MR) is 166 cm³/mol. The summed E-state index contributed by atoms with van der Waals surface area (Å²) in [6, 6.07) is 0. The van der Waals surface area contributed by atoms with Gasteiger partial charge in [-0.3, -0.25) is 0 Å². The number of rotatable bonds is 6. The molecule has 0 spiro atoms. The monoisotopic (exact) mass is 602 g/mol. The maximum Gasteiger partial charge on any atom is 0.333 e. The summed E-state index contributed by atoms with van der Waals surface area (Å²) in [5.74, 6) is 0.673. The number of ether oxygens (including phenoxy) is 3. The molecule has 0 aromatic rings. The summed E-state index contributed by atoms with van der Waals surface area (Å²) in [7, 11) is 1.67. The van der Waals surface area contributed by atoms with Gasteiger partial charge in [0, 0.05) is 29.4 Å². The number of allylic oxidation sites excluding steroid dienone is 2. The van der Waals surface area contributed by atoms with E-state index in [0.29, 0.717) is 24.3 Å². The number of hydrogen-bond acceptors (Lipinski definition) is 7. The van der Waals surface area contributed by atoms with Crippen LogP contribution in [0, 0.1) is 45.3 Å². The minimum Gasteiger partial charge on any atom is -0.458 e. The van der Waals surface area contributed by atoms with Crippen LogP contribution in [0.1, 0.15) is 107 Å². The third-order valence-electron chi connectivity index (χ3n) is 13.7. The quantitative estimate of drug-likeness (QED) is 0.196. The Hall–Kier alpha value is -1.25. The van der Waals surface area contributed by atoms with E-state index in [1.807, 2.05) is 19.9 Å². The second kappa shape index (κ2) is 10.9. The van der Waals surface area contributed by atoms with E-state index in [1.54, 1.807) is 21.0 Å². The van der Waals surface area contributed by atoms with Crippen molar-refractivity contribution in [2.24, 2.45) is 45.3 Å². The first-order valence-electron chi connectivity index (χ1n) is 16.7. The van der Waals surface area contributed by atoms with E-state index in [-0.39, 0.29) is 51.5 Å². The number of esters is 1. The van der Waals surface area contributed by atoms with Crippen LogP contribution in [-0.4, -0.2) is 64.7 Å². The van der Waals surface area contributed by atoms with Crippen molar-refractivity contribution in [1.82, 2.24) is 0 Å². The lowest BCUT2D eigenvalue weighted by atomic mass is 9.37. The van der Waals surface area contributed by atoms with E-state index >= 15 is 0 Å². The molecule has 4 aliphatic carbocycles. The Kier molecular flexibility index (Phi) is 8.42. The first-order valence-corrected chi connectivity index (χ1v) is 16.7. The standard InChI is InChI=1S/C36H58O7/c1-11-20(2)30(39)43-28-15-17-35(8)25-14-16-34(7)22(21-18-23(42-31(21)41-10)29(38)33(5,6)40)12-13-24(34)36(25,9)27(37)19-26(35)32(28,3)4/h11,13,21-23,25-29,31,37-38,40H,12,14-19H2,1-10H3/b20-11+/t21-,22-,23?,25+,26-,27+,28+,29+,31+,34-,35+,36-/m0/s1. The molecule has 7 heteroatoms. The van der Waals surface area contributed by atoms with Gasteiger partial charge in [-0.2, -0.15) is 0 Å². The summed E-state index contributed by atoms with van der Waals surface area (Å²) in [6.45, 7) is 18.6. The van der Waals surface area contributed by atoms with Crippen LogP contribution in [0.3, 0.4) is 0 Å². The van der Waals surface area contributed by atoms with Crippen molar-refractivity contribution in [3.05, 3.63) is 23.3 Å². The van der Waals surface area contributed by atoms with Crippen molar-refractivity contribution in [1.29, 1.82) is 0 Å². The number of methoxy groups -OCH3 is 1. The number of hydrogen-bond donors (Lipinski definition) is 3. The molecule has 0 aromatic heterocycles. The molecule has 43 heavy (non-hydrogen) atoms.